The zero-order chi connectivity index (χ0) is 12.1. The fraction of sp³-hybridized carbons (Fsp3) is 0.923. The van der Waals surface area contributed by atoms with Crippen LogP contribution in [0.1, 0.15) is 54.4 Å². The Balaban J connectivity index is 4.55. The molecule has 0 aromatic carbocycles. The van der Waals surface area contributed by atoms with Crippen molar-refractivity contribution in [1.82, 2.24) is 0 Å². The average Bonchev–Trinajstić information content (AvgIpc) is 2.12. The van der Waals surface area contributed by atoms with Crippen LogP contribution in [0.25, 0.3) is 0 Å². The highest BCUT2D eigenvalue weighted by Gasteiger charge is 2.38. The van der Waals surface area contributed by atoms with Gasteiger partial charge in [-0.25, -0.2) is 0 Å². The molecule has 0 spiro atoms. The molecule has 1 atom stereocenters. The molecule has 0 aromatic heterocycles. The summed E-state index contributed by atoms with van der Waals surface area (Å²) in [5, 5.41) is 0. The van der Waals surface area contributed by atoms with Gasteiger partial charge in [-0.05, 0) is 31.6 Å². The zero-order valence-corrected chi connectivity index (χ0v) is 11.1. The summed E-state index contributed by atoms with van der Waals surface area (Å²) in [6.07, 6.45) is 1.79. The predicted molar refractivity (Wildman–Crippen MR) is 63.7 cm³/mol. The number of carbonyl (C=O) groups is 1. The number of carbonyl (C=O) groups excluding carboxylic acids is 1. The van der Waals surface area contributed by atoms with E-state index in [1.807, 2.05) is 13.8 Å². The molecule has 15 heavy (non-hydrogen) atoms. The van der Waals surface area contributed by atoms with E-state index in [-0.39, 0.29) is 11.4 Å². The molecule has 0 saturated carbocycles. The summed E-state index contributed by atoms with van der Waals surface area (Å²) in [6.45, 7) is 13.1. The highest BCUT2D eigenvalue weighted by Crippen LogP contribution is 2.35. The van der Waals surface area contributed by atoms with Crippen LogP contribution < -0.4 is 0 Å². The van der Waals surface area contributed by atoms with Crippen molar-refractivity contribution in [2.45, 2.75) is 54.4 Å². The number of hydrogen-bond donors (Lipinski definition) is 0. The molecular formula is C13H26O2. The molecule has 0 aliphatic rings. The predicted octanol–water partition coefficient (Wildman–Crippen LogP) is 3.65. The fourth-order valence-electron chi connectivity index (χ4n) is 1.76. The molecule has 0 aromatic rings. The van der Waals surface area contributed by atoms with E-state index in [1.54, 1.807) is 0 Å². The lowest BCUT2D eigenvalue weighted by atomic mass is 9.73. The molecule has 90 valence electrons. The molecule has 0 amide bonds. The SMILES string of the molecule is CCCOC(=O)C(C)(CC(C)C)C(C)C. The lowest BCUT2D eigenvalue weighted by molar-refractivity contribution is -0.159. The van der Waals surface area contributed by atoms with E-state index < -0.39 is 0 Å². The largest absolute Gasteiger partial charge is 0.465 e. The molecule has 0 rings (SSSR count). The Morgan fingerprint density at radius 3 is 2.13 bits per heavy atom. The van der Waals surface area contributed by atoms with Gasteiger partial charge in [0.2, 0.25) is 0 Å². The molecule has 0 fully saturated rings. The molecule has 2 nitrogen and oxygen atoms in total. The third-order valence-corrected chi connectivity index (χ3v) is 3.01. The Labute approximate surface area is 94.4 Å². The van der Waals surface area contributed by atoms with Crippen molar-refractivity contribution in [1.29, 1.82) is 0 Å². The van der Waals surface area contributed by atoms with E-state index in [9.17, 15) is 4.79 Å². The summed E-state index contributed by atoms with van der Waals surface area (Å²) in [5.74, 6) is 0.809. The Morgan fingerprint density at radius 1 is 1.27 bits per heavy atom. The van der Waals surface area contributed by atoms with Gasteiger partial charge in [0.15, 0.2) is 0 Å². The minimum absolute atomic E-state index is 0.0342. The van der Waals surface area contributed by atoms with Crippen molar-refractivity contribution < 1.29 is 9.53 Å². The Morgan fingerprint density at radius 2 is 1.80 bits per heavy atom. The van der Waals surface area contributed by atoms with Crippen molar-refractivity contribution in [2.75, 3.05) is 6.61 Å². The highest BCUT2D eigenvalue weighted by atomic mass is 16.5. The fourth-order valence-corrected chi connectivity index (χ4v) is 1.76. The van der Waals surface area contributed by atoms with Gasteiger partial charge in [0.25, 0.3) is 0 Å². The van der Waals surface area contributed by atoms with Crippen LogP contribution in [0, 0.1) is 17.3 Å². The lowest BCUT2D eigenvalue weighted by Gasteiger charge is -2.32. The molecule has 0 radical (unpaired) electrons. The second kappa shape index (κ2) is 6.14. The smallest absolute Gasteiger partial charge is 0.312 e. The summed E-state index contributed by atoms with van der Waals surface area (Å²) in [6, 6.07) is 0. The maximum absolute atomic E-state index is 12.0. The summed E-state index contributed by atoms with van der Waals surface area (Å²) in [5.41, 5.74) is -0.330. The standard InChI is InChI=1S/C13H26O2/c1-7-8-15-12(14)13(6,11(4)5)9-10(2)3/h10-11H,7-9H2,1-6H3. The molecule has 0 bridgehead atoms. The molecule has 0 aliphatic heterocycles. The van der Waals surface area contributed by atoms with Crippen LogP contribution >= 0.6 is 0 Å². The quantitative estimate of drug-likeness (QED) is 0.631. The van der Waals surface area contributed by atoms with E-state index in [0.717, 1.165) is 12.8 Å². The van der Waals surface area contributed by atoms with Gasteiger partial charge in [0, 0.05) is 0 Å². The topological polar surface area (TPSA) is 26.3 Å². The molecule has 0 saturated heterocycles. The molecule has 0 N–H and O–H groups in total. The average molecular weight is 214 g/mol. The lowest BCUT2D eigenvalue weighted by Crippen LogP contribution is -2.36. The number of rotatable bonds is 6. The second-order valence-electron chi connectivity index (χ2n) is 5.31. The summed E-state index contributed by atoms with van der Waals surface area (Å²) >= 11 is 0. The van der Waals surface area contributed by atoms with E-state index in [4.69, 9.17) is 4.74 Å². The van der Waals surface area contributed by atoms with Crippen LogP contribution in [-0.2, 0) is 9.53 Å². The van der Waals surface area contributed by atoms with Crippen LogP contribution in [-0.4, -0.2) is 12.6 Å². The molecule has 0 aliphatic carbocycles. The molecule has 1 unspecified atom stereocenters. The summed E-state index contributed by atoms with van der Waals surface area (Å²) < 4.78 is 5.28. The van der Waals surface area contributed by atoms with Gasteiger partial charge in [-0.2, -0.15) is 0 Å². The van der Waals surface area contributed by atoms with Gasteiger partial charge in [0.05, 0.1) is 12.0 Å². The first-order valence-electron chi connectivity index (χ1n) is 6.01. The Kier molecular flexibility index (Phi) is 5.92. The maximum Gasteiger partial charge on any atom is 0.312 e. The summed E-state index contributed by atoms with van der Waals surface area (Å²) in [7, 11) is 0. The first kappa shape index (κ1) is 14.5. The van der Waals surface area contributed by atoms with Gasteiger partial charge >= 0.3 is 5.97 Å². The first-order chi connectivity index (χ1) is 6.84. The first-order valence-corrected chi connectivity index (χ1v) is 6.01. The van der Waals surface area contributed by atoms with E-state index in [1.165, 1.54) is 0 Å². The minimum atomic E-state index is -0.330. The third-order valence-electron chi connectivity index (χ3n) is 3.01. The Bertz CT molecular complexity index is 197. The number of esters is 1. The van der Waals surface area contributed by atoms with Crippen LogP contribution in [0.2, 0.25) is 0 Å². The third kappa shape index (κ3) is 4.23. The van der Waals surface area contributed by atoms with Gasteiger partial charge in [0.1, 0.15) is 0 Å². The maximum atomic E-state index is 12.0. The van der Waals surface area contributed by atoms with Crippen LogP contribution in [0.15, 0.2) is 0 Å². The zero-order valence-electron chi connectivity index (χ0n) is 11.1. The Hall–Kier alpha value is -0.530. The van der Waals surface area contributed by atoms with Crippen molar-refractivity contribution in [3.63, 3.8) is 0 Å². The molecular weight excluding hydrogens is 188 g/mol. The van der Waals surface area contributed by atoms with Gasteiger partial charge in [-0.3, -0.25) is 4.79 Å². The molecule has 0 heterocycles. The highest BCUT2D eigenvalue weighted by molar-refractivity contribution is 5.76. The van der Waals surface area contributed by atoms with E-state index in [2.05, 4.69) is 27.7 Å². The van der Waals surface area contributed by atoms with Gasteiger partial charge in [-0.15, -0.1) is 0 Å². The number of hydrogen-bond acceptors (Lipinski definition) is 2. The van der Waals surface area contributed by atoms with Crippen molar-refractivity contribution in [3.8, 4) is 0 Å². The van der Waals surface area contributed by atoms with Crippen molar-refractivity contribution in [2.24, 2.45) is 17.3 Å². The molecule has 2 heteroatoms. The van der Waals surface area contributed by atoms with Crippen molar-refractivity contribution >= 4 is 5.97 Å². The van der Waals surface area contributed by atoms with E-state index in [0.29, 0.717) is 18.4 Å². The van der Waals surface area contributed by atoms with Crippen LogP contribution in [0.4, 0.5) is 0 Å². The number of ether oxygens (including phenoxy) is 1. The van der Waals surface area contributed by atoms with Crippen LogP contribution in [0.3, 0.4) is 0 Å². The van der Waals surface area contributed by atoms with Crippen molar-refractivity contribution in [3.05, 3.63) is 0 Å². The van der Waals surface area contributed by atoms with Crippen LogP contribution in [0.5, 0.6) is 0 Å². The second-order valence-corrected chi connectivity index (χ2v) is 5.31. The minimum Gasteiger partial charge on any atom is -0.465 e. The normalized spacial score (nSPS) is 15.5. The summed E-state index contributed by atoms with van der Waals surface area (Å²) in [4.78, 5) is 12.0. The van der Waals surface area contributed by atoms with E-state index >= 15 is 0 Å². The van der Waals surface area contributed by atoms with Gasteiger partial charge < -0.3 is 4.74 Å². The monoisotopic (exact) mass is 214 g/mol. The van der Waals surface area contributed by atoms with Gasteiger partial charge in [-0.1, -0.05) is 34.6 Å².